The average Bonchev–Trinajstić information content (AvgIpc) is 3.29. The molecular weight excluding hydrogens is 402 g/mol. The van der Waals surface area contributed by atoms with Gasteiger partial charge in [0, 0.05) is 5.75 Å². The topological polar surface area (TPSA) is 98.5 Å². The predicted molar refractivity (Wildman–Crippen MR) is 109 cm³/mol. The second kappa shape index (κ2) is 9.29. The molecule has 27 heavy (non-hydrogen) atoms. The van der Waals surface area contributed by atoms with Crippen LogP contribution < -0.4 is 5.32 Å². The SMILES string of the molecule is CCCSc1nnc(NC(=O)CSc2nnnn2-c2cc(C)ccc2C)s1. The third kappa shape index (κ3) is 5.27. The van der Waals surface area contributed by atoms with Crippen LogP contribution in [0.15, 0.2) is 27.7 Å². The molecule has 2 heterocycles. The van der Waals surface area contributed by atoms with Crippen molar-refractivity contribution in [2.75, 3.05) is 16.8 Å². The number of hydrogen-bond acceptors (Lipinski definition) is 9. The van der Waals surface area contributed by atoms with Crippen molar-refractivity contribution < 1.29 is 4.79 Å². The van der Waals surface area contributed by atoms with Crippen molar-refractivity contribution in [3.63, 3.8) is 0 Å². The van der Waals surface area contributed by atoms with Crippen LogP contribution in [0.4, 0.5) is 5.13 Å². The van der Waals surface area contributed by atoms with Crippen molar-refractivity contribution >= 4 is 45.9 Å². The first-order chi connectivity index (χ1) is 13.1. The molecule has 0 aliphatic heterocycles. The molecule has 3 rings (SSSR count). The lowest BCUT2D eigenvalue weighted by molar-refractivity contribution is -0.113. The number of benzene rings is 1. The number of aryl methyl sites for hydroxylation is 2. The molecule has 0 spiro atoms. The van der Waals surface area contributed by atoms with E-state index in [1.54, 1.807) is 16.4 Å². The van der Waals surface area contributed by atoms with Crippen LogP contribution in [0, 0.1) is 13.8 Å². The molecule has 1 N–H and O–H groups in total. The Morgan fingerprint density at radius 3 is 2.89 bits per heavy atom. The van der Waals surface area contributed by atoms with Crippen LogP contribution in [0.25, 0.3) is 5.69 Å². The maximum absolute atomic E-state index is 12.2. The second-order valence-electron chi connectivity index (χ2n) is 5.72. The minimum Gasteiger partial charge on any atom is -0.300 e. The van der Waals surface area contributed by atoms with Crippen LogP contribution in [0.2, 0.25) is 0 Å². The summed E-state index contributed by atoms with van der Waals surface area (Å²) in [7, 11) is 0. The molecule has 8 nitrogen and oxygen atoms in total. The minimum atomic E-state index is -0.168. The van der Waals surface area contributed by atoms with Gasteiger partial charge in [-0.2, -0.15) is 4.68 Å². The monoisotopic (exact) mass is 421 g/mol. The first-order valence-corrected chi connectivity index (χ1v) is 11.1. The molecule has 142 valence electrons. The number of anilines is 1. The zero-order valence-corrected chi connectivity index (χ0v) is 17.6. The summed E-state index contributed by atoms with van der Waals surface area (Å²) in [5, 5.41) is 23.8. The second-order valence-corrected chi connectivity index (χ2v) is 8.98. The Morgan fingerprint density at radius 2 is 2.07 bits per heavy atom. The summed E-state index contributed by atoms with van der Waals surface area (Å²) in [5.74, 6) is 1.00. The maximum atomic E-state index is 12.2. The molecule has 0 saturated carbocycles. The number of nitrogens with zero attached hydrogens (tertiary/aromatic N) is 6. The molecule has 0 aliphatic rings. The highest BCUT2D eigenvalue weighted by Gasteiger charge is 2.14. The van der Waals surface area contributed by atoms with Crippen molar-refractivity contribution in [2.45, 2.75) is 36.7 Å². The van der Waals surface area contributed by atoms with Gasteiger partial charge in [-0.05, 0) is 47.9 Å². The maximum Gasteiger partial charge on any atom is 0.236 e. The smallest absolute Gasteiger partial charge is 0.236 e. The molecule has 0 bridgehead atoms. The van der Waals surface area contributed by atoms with Crippen LogP contribution in [0.1, 0.15) is 24.5 Å². The zero-order chi connectivity index (χ0) is 19.2. The van der Waals surface area contributed by atoms with Crippen molar-refractivity contribution in [2.24, 2.45) is 0 Å². The van der Waals surface area contributed by atoms with Crippen LogP contribution in [0.5, 0.6) is 0 Å². The van der Waals surface area contributed by atoms with E-state index in [0.29, 0.717) is 10.3 Å². The van der Waals surface area contributed by atoms with Crippen LogP contribution in [0.3, 0.4) is 0 Å². The number of nitrogens with one attached hydrogen (secondary N) is 1. The van der Waals surface area contributed by atoms with E-state index in [1.165, 1.54) is 23.1 Å². The highest BCUT2D eigenvalue weighted by Crippen LogP contribution is 2.26. The number of amides is 1. The van der Waals surface area contributed by atoms with Gasteiger partial charge in [0.15, 0.2) is 4.34 Å². The van der Waals surface area contributed by atoms with Crippen molar-refractivity contribution in [1.29, 1.82) is 0 Å². The Balaban J connectivity index is 1.61. The Kier molecular flexibility index (Phi) is 6.80. The fourth-order valence-electron chi connectivity index (χ4n) is 2.16. The van der Waals surface area contributed by atoms with E-state index in [4.69, 9.17) is 0 Å². The molecule has 1 amide bonds. The number of rotatable bonds is 8. The summed E-state index contributed by atoms with van der Waals surface area (Å²) in [6.07, 6.45) is 1.07. The van der Waals surface area contributed by atoms with Gasteiger partial charge in [0.25, 0.3) is 0 Å². The summed E-state index contributed by atoms with van der Waals surface area (Å²) in [6, 6.07) is 6.09. The van der Waals surface area contributed by atoms with Gasteiger partial charge < -0.3 is 0 Å². The van der Waals surface area contributed by atoms with E-state index in [0.717, 1.165) is 33.3 Å². The Labute approximate surface area is 169 Å². The summed E-state index contributed by atoms with van der Waals surface area (Å²) in [4.78, 5) is 12.2. The van der Waals surface area contributed by atoms with Gasteiger partial charge in [-0.1, -0.05) is 53.9 Å². The average molecular weight is 422 g/mol. The third-order valence-corrected chi connectivity index (χ3v) is 6.55. The van der Waals surface area contributed by atoms with E-state index in [2.05, 4.69) is 38.0 Å². The van der Waals surface area contributed by atoms with Gasteiger partial charge >= 0.3 is 0 Å². The zero-order valence-electron chi connectivity index (χ0n) is 15.2. The molecule has 0 fully saturated rings. The lowest BCUT2D eigenvalue weighted by atomic mass is 10.1. The Hall–Kier alpha value is -1.98. The van der Waals surface area contributed by atoms with Crippen LogP contribution >= 0.6 is 34.9 Å². The quantitative estimate of drug-likeness (QED) is 0.437. The summed E-state index contributed by atoms with van der Waals surface area (Å²) >= 11 is 4.30. The van der Waals surface area contributed by atoms with E-state index in [1.807, 2.05) is 32.0 Å². The number of thioether (sulfide) groups is 2. The van der Waals surface area contributed by atoms with Crippen molar-refractivity contribution in [3.8, 4) is 5.69 Å². The molecule has 2 aromatic heterocycles. The lowest BCUT2D eigenvalue weighted by Gasteiger charge is -2.08. The highest BCUT2D eigenvalue weighted by molar-refractivity contribution is 8.01. The van der Waals surface area contributed by atoms with E-state index >= 15 is 0 Å². The van der Waals surface area contributed by atoms with Crippen LogP contribution in [-0.4, -0.2) is 47.8 Å². The summed E-state index contributed by atoms with van der Waals surface area (Å²) in [6.45, 7) is 6.13. The van der Waals surface area contributed by atoms with Gasteiger partial charge in [-0.3, -0.25) is 10.1 Å². The molecule has 0 atom stereocenters. The molecule has 11 heteroatoms. The van der Waals surface area contributed by atoms with Gasteiger partial charge in [-0.15, -0.1) is 15.3 Å². The summed E-state index contributed by atoms with van der Waals surface area (Å²) < 4.78 is 2.52. The molecule has 0 saturated heterocycles. The van der Waals surface area contributed by atoms with Crippen molar-refractivity contribution in [1.82, 2.24) is 30.4 Å². The van der Waals surface area contributed by atoms with Gasteiger partial charge in [0.05, 0.1) is 11.4 Å². The van der Waals surface area contributed by atoms with Crippen molar-refractivity contribution in [3.05, 3.63) is 29.3 Å². The van der Waals surface area contributed by atoms with E-state index in [9.17, 15) is 4.79 Å². The Morgan fingerprint density at radius 1 is 1.22 bits per heavy atom. The molecule has 3 aromatic rings. The number of tetrazole rings is 1. The van der Waals surface area contributed by atoms with Gasteiger partial charge in [-0.25, -0.2) is 0 Å². The summed E-state index contributed by atoms with van der Waals surface area (Å²) in [5.41, 5.74) is 3.09. The van der Waals surface area contributed by atoms with Crippen LogP contribution in [-0.2, 0) is 4.79 Å². The molecular formula is C16H19N7OS3. The standard InChI is InChI=1S/C16H19N7OS3/c1-4-7-25-16-20-18-14(27-16)17-13(24)9-26-15-19-21-22-23(15)12-8-10(2)5-6-11(12)3/h5-6,8H,4,7,9H2,1-3H3,(H,17,18,24). The fraction of sp³-hybridized carbons (Fsp3) is 0.375. The van der Waals surface area contributed by atoms with Gasteiger partial charge in [0.1, 0.15) is 0 Å². The third-order valence-electron chi connectivity index (χ3n) is 3.45. The highest BCUT2D eigenvalue weighted by atomic mass is 32.2. The Bertz CT molecular complexity index is 924. The number of carbonyl (C=O) groups excluding carboxylic acids is 1. The molecule has 0 aliphatic carbocycles. The number of aromatic nitrogens is 6. The largest absolute Gasteiger partial charge is 0.300 e. The molecule has 1 aromatic carbocycles. The fourth-order valence-corrected chi connectivity index (χ4v) is 4.54. The van der Waals surface area contributed by atoms with E-state index < -0.39 is 0 Å². The van der Waals surface area contributed by atoms with Gasteiger partial charge in [0.2, 0.25) is 16.2 Å². The predicted octanol–water partition coefficient (Wildman–Crippen LogP) is 3.36. The lowest BCUT2D eigenvalue weighted by Crippen LogP contribution is -2.14. The number of carbonyl (C=O) groups is 1. The number of hydrogen-bond donors (Lipinski definition) is 1. The first-order valence-electron chi connectivity index (χ1n) is 8.31. The normalized spacial score (nSPS) is 10.9. The first kappa shape index (κ1) is 19.8. The molecule has 0 radical (unpaired) electrons. The van der Waals surface area contributed by atoms with E-state index in [-0.39, 0.29) is 11.7 Å². The molecule has 0 unspecified atom stereocenters. The minimum absolute atomic E-state index is 0.168.